The lowest BCUT2D eigenvalue weighted by molar-refractivity contribution is -0.384. The van der Waals surface area contributed by atoms with Crippen molar-refractivity contribution in [3.8, 4) is 0 Å². The summed E-state index contributed by atoms with van der Waals surface area (Å²) in [6, 6.07) is 12.0. The van der Waals surface area contributed by atoms with Gasteiger partial charge in [0.05, 0.1) is 22.1 Å². The lowest BCUT2D eigenvalue weighted by Crippen LogP contribution is -2.52. The molecule has 11 heteroatoms. The molecule has 0 saturated carbocycles. The van der Waals surface area contributed by atoms with E-state index in [1.807, 2.05) is 0 Å². The van der Waals surface area contributed by atoms with Crippen LogP contribution in [-0.2, 0) is 9.53 Å². The number of nitrogens with zero attached hydrogens (tertiary/aromatic N) is 3. The van der Waals surface area contributed by atoms with Gasteiger partial charge in [-0.15, -0.1) is 0 Å². The van der Waals surface area contributed by atoms with Gasteiger partial charge in [0, 0.05) is 38.3 Å². The largest absolute Gasteiger partial charge is 0.450 e. The first-order chi connectivity index (χ1) is 16.3. The Hall–Kier alpha value is -3.92. The number of non-ortho nitro benzene ring substituents is 1. The molecule has 1 aliphatic rings. The Morgan fingerprint density at radius 2 is 1.68 bits per heavy atom. The quantitative estimate of drug-likeness (QED) is 0.379. The van der Waals surface area contributed by atoms with Crippen LogP contribution < -0.4 is 5.32 Å². The van der Waals surface area contributed by atoms with Gasteiger partial charge in [-0.1, -0.05) is 23.7 Å². The van der Waals surface area contributed by atoms with Crippen molar-refractivity contribution in [2.75, 3.05) is 32.8 Å². The molecule has 1 aliphatic heterocycles. The van der Waals surface area contributed by atoms with Crippen LogP contribution in [0.5, 0.6) is 0 Å². The molecule has 2 aromatic carbocycles. The third-order valence-corrected chi connectivity index (χ3v) is 5.43. The minimum atomic E-state index is -0.572. The van der Waals surface area contributed by atoms with Gasteiger partial charge >= 0.3 is 6.09 Å². The normalized spacial score (nSPS) is 13.9. The van der Waals surface area contributed by atoms with E-state index in [4.69, 9.17) is 16.3 Å². The third kappa shape index (κ3) is 6.10. The fraction of sp³-hybridized carbons (Fsp3) is 0.261. The van der Waals surface area contributed by atoms with E-state index in [2.05, 4.69) is 5.32 Å². The standard InChI is InChI=1S/C23H23ClN4O6/c1-2-34-23(31)27-13-11-26(12-14-27)22(30)20(15-16-7-9-17(10-8-16)28(32)33)25-21(29)18-5-3-4-6-19(18)24/h3-10,15H,2,11-14H2,1H3,(H,25,29)/b20-15+. The van der Waals surface area contributed by atoms with Crippen LogP contribution >= 0.6 is 11.6 Å². The molecule has 2 aromatic rings. The maximum absolute atomic E-state index is 13.3. The van der Waals surface area contributed by atoms with Gasteiger partial charge in [-0.2, -0.15) is 0 Å². The Morgan fingerprint density at radius 1 is 1.06 bits per heavy atom. The summed E-state index contributed by atoms with van der Waals surface area (Å²) in [5.74, 6) is -1.03. The molecule has 0 bridgehead atoms. The fourth-order valence-corrected chi connectivity index (χ4v) is 3.54. The van der Waals surface area contributed by atoms with E-state index in [1.54, 1.807) is 25.1 Å². The lowest BCUT2D eigenvalue weighted by atomic mass is 10.1. The molecule has 3 rings (SSSR count). The minimum Gasteiger partial charge on any atom is -0.450 e. The van der Waals surface area contributed by atoms with E-state index in [0.29, 0.717) is 5.56 Å². The molecule has 0 aromatic heterocycles. The Kier molecular flexibility index (Phi) is 8.20. The summed E-state index contributed by atoms with van der Waals surface area (Å²) in [6.07, 6.45) is 1.00. The second kappa shape index (κ2) is 11.3. The summed E-state index contributed by atoms with van der Waals surface area (Å²) in [4.78, 5) is 51.5. The van der Waals surface area contributed by atoms with Crippen molar-refractivity contribution in [2.45, 2.75) is 6.92 Å². The van der Waals surface area contributed by atoms with Crippen molar-refractivity contribution >= 4 is 41.3 Å². The number of hydrogen-bond acceptors (Lipinski definition) is 6. The zero-order chi connectivity index (χ0) is 24.7. The minimum absolute atomic E-state index is 0.0247. The smallest absolute Gasteiger partial charge is 0.409 e. The van der Waals surface area contributed by atoms with Crippen LogP contribution in [0.4, 0.5) is 10.5 Å². The van der Waals surface area contributed by atoms with Gasteiger partial charge in [-0.25, -0.2) is 4.79 Å². The van der Waals surface area contributed by atoms with E-state index in [0.717, 1.165) is 0 Å². The predicted molar refractivity (Wildman–Crippen MR) is 125 cm³/mol. The van der Waals surface area contributed by atoms with E-state index < -0.39 is 22.8 Å². The van der Waals surface area contributed by atoms with Crippen molar-refractivity contribution in [1.82, 2.24) is 15.1 Å². The number of nitrogens with one attached hydrogen (secondary N) is 1. The zero-order valence-electron chi connectivity index (χ0n) is 18.4. The highest BCUT2D eigenvalue weighted by Crippen LogP contribution is 2.18. The first-order valence-corrected chi connectivity index (χ1v) is 10.9. The molecule has 1 heterocycles. The van der Waals surface area contributed by atoms with Crippen LogP contribution in [0.1, 0.15) is 22.8 Å². The molecule has 1 fully saturated rings. The highest BCUT2D eigenvalue weighted by atomic mass is 35.5. The Labute approximate surface area is 200 Å². The number of nitro benzene ring substituents is 1. The molecule has 0 aliphatic carbocycles. The first-order valence-electron chi connectivity index (χ1n) is 10.5. The molecule has 0 radical (unpaired) electrons. The van der Waals surface area contributed by atoms with Crippen LogP contribution in [-0.4, -0.2) is 65.4 Å². The predicted octanol–water partition coefficient (Wildman–Crippen LogP) is 3.32. The van der Waals surface area contributed by atoms with E-state index in [9.17, 15) is 24.5 Å². The summed E-state index contributed by atoms with van der Waals surface area (Å²) in [6.45, 7) is 3.04. The summed E-state index contributed by atoms with van der Waals surface area (Å²) in [7, 11) is 0. The number of amides is 3. The number of carbonyl (C=O) groups is 3. The molecule has 0 spiro atoms. The summed E-state index contributed by atoms with van der Waals surface area (Å²) in [5.41, 5.74) is 0.556. The highest BCUT2D eigenvalue weighted by molar-refractivity contribution is 6.34. The van der Waals surface area contributed by atoms with Gasteiger partial charge < -0.3 is 19.9 Å². The number of carbonyl (C=O) groups excluding carboxylic acids is 3. The van der Waals surface area contributed by atoms with Gasteiger partial charge in [0.1, 0.15) is 5.70 Å². The second-order valence-electron chi connectivity index (χ2n) is 7.32. The molecule has 1 saturated heterocycles. The average Bonchev–Trinajstić information content (AvgIpc) is 2.84. The van der Waals surface area contributed by atoms with Crippen molar-refractivity contribution < 1.29 is 24.0 Å². The number of nitro groups is 1. The van der Waals surface area contributed by atoms with Crippen LogP contribution in [0.2, 0.25) is 5.02 Å². The number of piperazine rings is 1. The number of halogens is 1. The average molecular weight is 487 g/mol. The monoisotopic (exact) mass is 486 g/mol. The molecular weight excluding hydrogens is 464 g/mol. The lowest BCUT2D eigenvalue weighted by Gasteiger charge is -2.34. The SMILES string of the molecule is CCOC(=O)N1CCN(C(=O)/C(=C\c2ccc([N+](=O)[O-])cc2)NC(=O)c2ccccc2Cl)CC1. The summed E-state index contributed by atoms with van der Waals surface area (Å²) in [5, 5.41) is 13.8. The Balaban J connectivity index is 1.83. The van der Waals surface area contributed by atoms with Gasteiger partial charge in [-0.3, -0.25) is 19.7 Å². The fourth-order valence-electron chi connectivity index (χ4n) is 3.32. The van der Waals surface area contributed by atoms with Gasteiger partial charge in [-0.05, 0) is 42.8 Å². The molecular formula is C23H23ClN4O6. The first kappa shape index (κ1) is 24.7. The molecule has 1 N–H and O–H groups in total. The number of rotatable bonds is 6. The molecule has 0 unspecified atom stereocenters. The van der Waals surface area contributed by atoms with Gasteiger partial charge in [0.15, 0.2) is 0 Å². The number of benzene rings is 2. The van der Waals surface area contributed by atoms with Gasteiger partial charge in [0.2, 0.25) is 0 Å². The Bertz CT molecular complexity index is 1110. The topological polar surface area (TPSA) is 122 Å². The summed E-state index contributed by atoms with van der Waals surface area (Å²) >= 11 is 6.12. The van der Waals surface area contributed by atoms with Crippen molar-refractivity contribution in [2.24, 2.45) is 0 Å². The van der Waals surface area contributed by atoms with Crippen LogP contribution in [0, 0.1) is 10.1 Å². The molecule has 178 valence electrons. The van der Waals surface area contributed by atoms with E-state index in [-0.39, 0.29) is 54.8 Å². The highest BCUT2D eigenvalue weighted by Gasteiger charge is 2.27. The van der Waals surface area contributed by atoms with E-state index >= 15 is 0 Å². The maximum Gasteiger partial charge on any atom is 0.409 e. The second-order valence-corrected chi connectivity index (χ2v) is 7.73. The van der Waals surface area contributed by atoms with Crippen molar-refractivity contribution in [3.05, 3.63) is 80.5 Å². The van der Waals surface area contributed by atoms with Crippen molar-refractivity contribution in [3.63, 3.8) is 0 Å². The van der Waals surface area contributed by atoms with Crippen molar-refractivity contribution in [1.29, 1.82) is 0 Å². The molecule has 10 nitrogen and oxygen atoms in total. The molecule has 0 atom stereocenters. The summed E-state index contributed by atoms with van der Waals surface area (Å²) < 4.78 is 5.00. The van der Waals surface area contributed by atoms with E-state index in [1.165, 1.54) is 46.2 Å². The van der Waals surface area contributed by atoms with Crippen LogP contribution in [0.3, 0.4) is 0 Å². The third-order valence-electron chi connectivity index (χ3n) is 5.10. The maximum atomic E-state index is 13.3. The Morgan fingerprint density at radius 3 is 2.26 bits per heavy atom. The van der Waals surface area contributed by atoms with Crippen LogP contribution in [0.25, 0.3) is 6.08 Å². The molecule has 3 amide bonds. The molecule has 34 heavy (non-hydrogen) atoms. The zero-order valence-corrected chi connectivity index (χ0v) is 19.2. The number of hydrogen-bond donors (Lipinski definition) is 1. The van der Waals surface area contributed by atoms with Crippen LogP contribution in [0.15, 0.2) is 54.2 Å². The number of ether oxygens (including phenoxy) is 1. The van der Waals surface area contributed by atoms with Gasteiger partial charge in [0.25, 0.3) is 17.5 Å².